The van der Waals surface area contributed by atoms with Crippen LogP contribution in [0, 0.1) is 6.92 Å². The van der Waals surface area contributed by atoms with Crippen LogP contribution in [0.3, 0.4) is 0 Å². The Morgan fingerprint density at radius 1 is 1.08 bits per heavy atom. The fraction of sp³-hybridized carbons (Fsp3) is 0.294. The highest BCUT2D eigenvalue weighted by Crippen LogP contribution is 2.32. The van der Waals surface area contributed by atoms with E-state index in [2.05, 4.69) is 4.72 Å². The number of sulfonamides is 1. The molecule has 3 N–H and O–H groups in total. The number of nitrogens with two attached hydrogens (primary N) is 1. The van der Waals surface area contributed by atoms with Crippen LogP contribution in [0.2, 0.25) is 0 Å². The van der Waals surface area contributed by atoms with E-state index >= 15 is 0 Å². The summed E-state index contributed by atoms with van der Waals surface area (Å²) < 4.78 is 38.1. The molecule has 0 aliphatic heterocycles. The second-order valence-corrected chi connectivity index (χ2v) is 7.08. The second-order valence-electron chi connectivity index (χ2n) is 5.34. The number of benzene rings is 2. The first kappa shape index (κ1) is 21.2. The van der Waals surface area contributed by atoms with Crippen LogP contribution in [0.4, 0.5) is 0 Å². The minimum atomic E-state index is -3.72. The number of nitrogens with one attached hydrogen (secondary N) is 1. The summed E-state index contributed by atoms with van der Waals surface area (Å²) in [6.07, 6.45) is 0. The van der Waals surface area contributed by atoms with E-state index in [9.17, 15) is 8.42 Å². The molecule has 25 heavy (non-hydrogen) atoms. The third-order valence-electron chi connectivity index (χ3n) is 3.69. The maximum Gasteiger partial charge on any atom is 0.241 e. The van der Waals surface area contributed by atoms with Gasteiger partial charge in [-0.25, -0.2) is 13.1 Å². The van der Waals surface area contributed by atoms with Crippen molar-refractivity contribution in [3.63, 3.8) is 0 Å². The molecule has 0 bridgehead atoms. The molecule has 1 unspecified atom stereocenters. The summed E-state index contributed by atoms with van der Waals surface area (Å²) in [6, 6.07) is 12.0. The molecule has 0 amide bonds. The van der Waals surface area contributed by atoms with E-state index < -0.39 is 16.1 Å². The molecule has 0 radical (unpaired) electrons. The van der Waals surface area contributed by atoms with E-state index in [0.717, 1.165) is 5.56 Å². The lowest BCUT2D eigenvalue weighted by Crippen LogP contribution is -2.32. The van der Waals surface area contributed by atoms with Crippen LogP contribution in [0.5, 0.6) is 11.5 Å². The van der Waals surface area contributed by atoms with Crippen molar-refractivity contribution in [1.29, 1.82) is 0 Å². The molecule has 6 nitrogen and oxygen atoms in total. The lowest BCUT2D eigenvalue weighted by Gasteiger charge is -2.16. The lowest BCUT2D eigenvalue weighted by atomic mass is 10.1. The van der Waals surface area contributed by atoms with Crippen LogP contribution in [0.25, 0.3) is 0 Å². The quantitative estimate of drug-likeness (QED) is 0.762. The maximum absolute atomic E-state index is 12.6. The van der Waals surface area contributed by atoms with Gasteiger partial charge in [-0.15, -0.1) is 12.4 Å². The summed E-state index contributed by atoms with van der Waals surface area (Å²) in [5.74, 6) is 0.839. The zero-order valence-electron chi connectivity index (χ0n) is 14.4. The minimum Gasteiger partial charge on any atom is -0.493 e. The number of rotatable bonds is 7. The smallest absolute Gasteiger partial charge is 0.241 e. The molecule has 0 aliphatic carbocycles. The van der Waals surface area contributed by atoms with Crippen LogP contribution in [0.15, 0.2) is 47.4 Å². The Morgan fingerprint density at radius 2 is 1.64 bits per heavy atom. The zero-order valence-corrected chi connectivity index (χ0v) is 16.0. The predicted octanol–water partition coefficient (Wildman–Crippen LogP) is 2.41. The summed E-state index contributed by atoms with van der Waals surface area (Å²) in [7, 11) is -0.754. The molecule has 0 aromatic heterocycles. The Balaban J connectivity index is 0.00000312. The van der Waals surface area contributed by atoms with Crippen molar-refractivity contribution in [2.75, 3.05) is 20.8 Å². The van der Waals surface area contributed by atoms with Gasteiger partial charge >= 0.3 is 0 Å². The van der Waals surface area contributed by atoms with Gasteiger partial charge in [0.05, 0.1) is 19.1 Å². The van der Waals surface area contributed by atoms with Crippen LogP contribution < -0.4 is 19.9 Å². The number of methoxy groups -OCH3 is 2. The summed E-state index contributed by atoms with van der Waals surface area (Å²) in [4.78, 5) is 0.139. The molecular weight excluding hydrogens is 364 g/mol. The second kappa shape index (κ2) is 9.05. The Labute approximate surface area is 154 Å². The Kier molecular flexibility index (Phi) is 7.69. The predicted molar refractivity (Wildman–Crippen MR) is 100 cm³/mol. The van der Waals surface area contributed by atoms with Crippen LogP contribution in [-0.4, -0.2) is 29.2 Å². The summed E-state index contributed by atoms with van der Waals surface area (Å²) in [5, 5.41) is 0. The van der Waals surface area contributed by atoms with Crippen molar-refractivity contribution in [1.82, 2.24) is 4.72 Å². The Hall–Kier alpha value is -1.80. The van der Waals surface area contributed by atoms with Gasteiger partial charge in [0.2, 0.25) is 10.0 Å². The number of aryl methyl sites for hydroxylation is 1. The first-order valence-corrected chi connectivity index (χ1v) is 8.90. The highest BCUT2D eigenvalue weighted by atomic mass is 35.5. The average molecular weight is 387 g/mol. The molecule has 138 valence electrons. The molecule has 1 atom stereocenters. The van der Waals surface area contributed by atoms with Gasteiger partial charge in [0.25, 0.3) is 0 Å². The first-order valence-electron chi connectivity index (χ1n) is 7.42. The average Bonchev–Trinajstić information content (AvgIpc) is 2.59. The zero-order chi connectivity index (χ0) is 17.7. The summed E-state index contributed by atoms with van der Waals surface area (Å²) >= 11 is 0. The van der Waals surface area contributed by atoms with Crippen molar-refractivity contribution in [3.8, 4) is 11.5 Å². The van der Waals surface area contributed by atoms with E-state index in [1.165, 1.54) is 20.3 Å². The van der Waals surface area contributed by atoms with Crippen molar-refractivity contribution in [3.05, 3.63) is 53.6 Å². The van der Waals surface area contributed by atoms with Gasteiger partial charge in [-0.05, 0) is 24.1 Å². The number of ether oxygens (including phenoxy) is 2. The van der Waals surface area contributed by atoms with E-state index in [-0.39, 0.29) is 23.8 Å². The van der Waals surface area contributed by atoms with Gasteiger partial charge in [0, 0.05) is 18.7 Å². The fourth-order valence-corrected chi connectivity index (χ4v) is 3.65. The highest BCUT2D eigenvalue weighted by Gasteiger charge is 2.21. The number of hydrogen-bond donors (Lipinski definition) is 2. The molecule has 0 saturated carbocycles. The van der Waals surface area contributed by atoms with Gasteiger partial charge in [-0.1, -0.05) is 30.3 Å². The number of hydrogen-bond acceptors (Lipinski definition) is 5. The third-order valence-corrected chi connectivity index (χ3v) is 5.26. The molecule has 2 aromatic rings. The topological polar surface area (TPSA) is 90.7 Å². The van der Waals surface area contributed by atoms with Crippen molar-refractivity contribution < 1.29 is 17.9 Å². The Bertz CT molecular complexity index is 798. The molecule has 0 fully saturated rings. The monoisotopic (exact) mass is 386 g/mol. The largest absolute Gasteiger partial charge is 0.493 e. The minimum absolute atomic E-state index is 0. The van der Waals surface area contributed by atoms with E-state index in [0.29, 0.717) is 17.1 Å². The SMILES string of the molecule is COc1cc(C)c(S(=O)(=O)NCC(N)c2ccccc2)cc1OC.Cl. The van der Waals surface area contributed by atoms with Gasteiger partial charge < -0.3 is 15.2 Å². The van der Waals surface area contributed by atoms with E-state index in [4.69, 9.17) is 15.2 Å². The van der Waals surface area contributed by atoms with Gasteiger partial charge in [-0.2, -0.15) is 0 Å². The lowest BCUT2D eigenvalue weighted by molar-refractivity contribution is 0.353. The van der Waals surface area contributed by atoms with Crippen LogP contribution in [-0.2, 0) is 10.0 Å². The summed E-state index contributed by atoms with van der Waals surface area (Å²) in [6.45, 7) is 1.80. The van der Waals surface area contributed by atoms with Gasteiger partial charge in [0.1, 0.15) is 0 Å². The first-order chi connectivity index (χ1) is 11.4. The van der Waals surface area contributed by atoms with Crippen molar-refractivity contribution >= 4 is 22.4 Å². The molecule has 0 aliphatic rings. The summed E-state index contributed by atoms with van der Waals surface area (Å²) in [5.41, 5.74) is 7.48. The molecule has 0 heterocycles. The van der Waals surface area contributed by atoms with Crippen LogP contribution >= 0.6 is 12.4 Å². The molecular formula is C17H23ClN2O4S. The maximum atomic E-state index is 12.6. The van der Waals surface area contributed by atoms with Gasteiger partial charge in [-0.3, -0.25) is 0 Å². The highest BCUT2D eigenvalue weighted by molar-refractivity contribution is 7.89. The number of halogens is 1. The third kappa shape index (κ3) is 5.09. The Morgan fingerprint density at radius 3 is 2.20 bits per heavy atom. The molecule has 2 rings (SSSR count). The molecule has 8 heteroatoms. The normalized spacial score (nSPS) is 12.2. The molecule has 0 spiro atoms. The van der Waals surface area contributed by atoms with Crippen LogP contribution in [0.1, 0.15) is 17.2 Å². The van der Waals surface area contributed by atoms with E-state index in [1.807, 2.05) is 30.3 Å². The molecule has 2 aromatic carbocycles. The van der Waals surface area contributed by atoms with Crippen molar-refractivity contribution in [2.24, 2.45) is 5.73 Å². The van der Waals surface area contributed by atoms with Crippen molar-refractivity contribution in [2.45, 2.75) is 17.9 Å². The standard InChI is InChI=1S/C17H22N2O4S.ClH/c1-12-9-15(22-2)16(23-3)10-17(12)24(20,21)19-11-14(18)13-7-5-4-6-8-13;/h4-10,14,19H,11,18H2,1-3H3;1H. The fourth-order valence-electron chi connectivity index (χ4n) is 2.35. The van der Waals surface area contributed by atoms with E-state index in [1.54, 1.807) is 13.0 Å². The molecule has 0 saturated heterocycles. The van der Waals surface area contributed by atoms with Gasteiger partial charge in [0.15, 0.2) is 11.5 Å².